The molecule has 2 rings (SSSR count). The minimum atomic E-state index is -3.59. The number of aliphatic hydroxyl groups is 1. The van der Waals surface area contributed by atoms with Crippen molar-refractivity contribution in [2.75, 3.05) is 13.1 Å². The molecule has 0 saturated carbocycles. The molecule has 0 aromatic carbocycles. The lowest BCUT2D eigenvalue weighted by molar-refractivity contribution is 0.0438. The molecule has 2 N–H and O–H groups in total. The summed E-state index contributed by atoms with van der Waals surface area (Å²) >= 11 is 7.71. The van der Waals surface area contributed by atoms with Gasteiger partial charge in [0.1, 0.15) is 4.21 Å². The largest absolute Gasteiger partial charge is 0.390 e. The van der Waals surface area contributed by atoms with Crippen molar-refractivity contribution < 1.29 is 13.5 Å². The molecular formula is C14H22Br2N2O3S2. The number of aliphatic hydroxyl groups excluding tert-OH is 1. The second kappa shape index (κ2) is 8.25. The van der Waals surface area contributed by atoms with Crippen LogP contribution >= 0.6 is 43.2 Å². The van der Waals surface area contributed by atoms with Gasteiger partial charge in [-0.05, 0) is 64.6 Å². The zero-order valence-electron chi connectivity index (χ0n) is 13.1. The first-order chi connectivity index (χ1) is 10.7. The number of piperidine rings is 1. The molecule has 2 heterocycles. The minimum Gasteiger partial charge on any atom is -0.390 e. The number of hydrogen-bond donors (Lipinski definition) is 2. The van der Waals surface area contributed by atoms with Crippen LogP contribution in [-0.4, -0.2) is 49.7 Å². The Morgan fingerprint density at radius 3 is 2.52 bits per heavy atom. The van der Waals surface area contributed by atoms with E-state index in [1.165, 1.54) is 6.42 Å². The van der Waals surface area contributed by atoms with Gasteiger partial charge in [-0.3, -0.25) is 4.90 Å². The maximum absolute atomic E-state index is 12.3. The molecule has 1 aliphatic rings. The van der Waals surface area contributed by atoms with Crippen LogP contribution in [0.1, 0.15) is 33.1 Å². The lowest BCUT2D eigenvalue weighted by atomic mass is 9.97. The number of halogens is 2. The first kappa shape index (κ1) is 19.8. The number of sulfonamides is 1. The molecule has 0 aliphatic carbocycles. The summed E-state index contributed by atoms with van der Waals surface area (Å²) in [5, 5.41) is 10.2. The minimum absolute atomic E-state index is 0.0193. The van der Waals surface area contributed by atoms with Gasteiger partial charge < -0.3 is 5.11 Å². The average molecular weight is 490 g/mol. The number of hydrogen-bond acceptors (Lipinski definition) is 5. The van der Waals surface area contributed by atoms with E-state index in [1.807, 2.05) is 0 Å². The van der Waals surface area contributed by atoms with Crippen LogP contribution in [0.4, 0.5) is 0 Å². The smallest absolute Gasteiger partial charge is 0.250 e. The highest BCUT2D eigenvalue weighted by molar-refractivity contribution is 9.13. The lowest BCUT2D eigenvalue weighted by Gasteiger charge is -2.40. The van der Waals surface area contributed by atoms with Gasteiger partial charge in [0.2, 0.25) is 10.0 Å². The van der Waals surface area contributed by atoms with Crippen molar-refractivity contribution in [3.63, 3.8) is 0 Å². The summed E-state index contributed by atoms with van der Waals surface area (Å²) < 4.78 is 28.7. The highest BCUT2D eigenvalue weighted by atomic mass is 79.9. The predicted molar refractivity (Wildman–Crippen MR) is 100 cm³/mol. The number of nitrogens with one attached hydrogen (secondary N) is 1. The second-order valence-electron chi connectivity index (χ2n) is 6.02. The van der Waals surface area contributed by atoms with Crippen molar-refractivity contribution in [3.8, 4) is 0 Å². The summed E-state index contributed by atoms with van der Waals surface area (Å²) in [5.74, 6) is 0. The molecule has 1 fully saturated rings. The number of thiophene rings is 1. The average Bonchev–Trinajstić information content (AvgIpc) is 2.82. The summed E-state index contributed by atoms with van der Waals surface area (Å²) in [5.41, 5.74) is 0. The van der Waals surface area contributed by atoms with Gasteiger partial charge in [0, 0.05) is 29.6 Å². The van der Waals surface area contributed by atoms with E-state index >= 15 is 0 Å². The molecule has 1 aliphatic heterocycles. The Labute approximate surface area is 158 Å². The zero-order chi connectivity index (χ0) is 17.2. The molecule has 0 spiro atoms. The molecule has 9 heteroatoms. The van der Waals surface area contributed by atoms with E-state index in [-0.39, 0.29) is 10.8 Å². The van der Waals surface area contributed by atoms with Gasteiger partial charge in [-0.1, -0.05) is 6.42 Å². The Hall–Kier alpha value is 0.490. The van der Waals surface area contributed by atoms with Crippen LogP contribution in [0.15, 0.2) is 18.5 Å². The van der Waals surface area contributed by atoms with Gasteiger partial charge in [-0.15, -0.1) is 11.3 Å². The first-order valence-corrected chi connectivity index (χ1v) is 11.5. The molecular weight excluding hydrogens is 468 g/mol. The Morgan fingerprint density at radius 1 is 1.39 bits per heavy atom. The van der Waals surface area contributed by atoms with Crippen LogP contribution in [0.3, 0.4) is 0 Å². The molecule has 1 aromatic rings. The number of rotatable bonds is 6. The summed E-state index contributed by atoms with van der Waals surface area (Å²) in [7, 11) is -3.59. The molecule has 0 amide bonds. The molecule has 0 unspecified atom stereocenters. The van der Waals surface area contributed by atoms with Crippen LogP contribution < -0.4 is 4.72 Å². The monoisotopic (exact) mass is 488 g/mol. The van der Waals surface area contributed by atoms with Gasteiger partial charge in [-0.25, -0.2) is 13.1 Å². The van der Waals surface area contributed by atoms with Gasteiger partial charge in [0.25, 0.3) is 0 Å². The van der Waals surface area contributed by atoms with Crippen LogP contribution in [0.5, 0.6) is 0 Å². The fraction of sp³-hybridized carbons (Fsp3) is 0.714. The van der Waals surface area contributed by atoms with Gasteiger partial charge >= 0.3 is 0 Å². The van der Waals surface area contributed by atoms with Crippen molar-refractivity contribution in [2.24, 2.45) is 0 Å². The number of likely N-dealkylation sites (tertiary alicyclic amines) is 1. The van der Waals surface area contributed by atoms with Crippen molar-refractivity contribution >= 4 is 53.2 Å². The van der Waals surface area contributed by atoms with E-state index in [0.717, 1.165) is 28.0 Å². The standard InChI is InChI=1S/C14H22Br2N2O3S2/c1-9-4-3-5-10(2)18(9)8-11(19)7-17-23(20,21)13-6-12(15)14(16)22-13/h6,9-11,17,19H,3-5,7-8H2,1-2H3/t9-,10+,11-/m0/s1. The number of β-amino-alcohol motifs (C(OH)–C–C–N with tert-alkyl or cyclic N) is 1. The topological polar surface area (TPSA) is 69.6 Å². The van der Waals surface area contributed by atoms with Crippen molar-refractivity contribution in [2.45, 2.75) is 55.5 Å². The molecule has 1 saturated heterocycles. The van der Waals surface area contributed by atoms with Crippen LogP contribution in [-0.2, 0) is 10.0 Å². The van der Waals surface area contributed by atoms with E-state index in [4.69, 9.17) is 0 Å². The third-order valence-corrected chi connectivity index (χ3v) is 9.35. The fourth-order valence-corrected chi connectivity index (χ4v) is 6.82. The molecule has 0 bridgehead atoms. The van der Waals surface area contributed by atoms with Crippen LogP contribution in [0.25, 0.3) is 0 Å². The summed E-state index contributed by atoms with van der Waals surface area (Å²) in [6.07, 6.45) is 2.74. The van der Waals surface area contributed by atoms with E-state index in [2.05, 4.69) is 55.3 Å². The van der Waals surface area contributed by atoms with Crippen molar-refractivity contribution in [3.05, 3.63) is 14.3 Å². The molecule has 1 aromatic heterocycles. The van der Waals surface area contributed by atoms with Crippen molar-refractivity contribution in [1.29, 1.82) is 0 Å². The van der Waals surface area contributed by atoms with E-state index in [1.54, 1.807) is 6.07 Å². The Kier molecular flexibility index (Phi) is 7.10. The number of nitrogens with zero attached hydrogens (tertiary/aromatic N) is 1. The summed E-state index contributed by atoms with van der Waals surface area (Å²) in [6.45, 7) is 4.83. The van der Waals surface area contributed by atoms with E-state index in [0.29, 0.717) is 23.1 Å². The third kappa shape index (κ3) is 5.23. The predicted octanol–water partition coefficient (Wildman–Crippen LogP) is 3.18. The Morgan fingerprint density at radius 2 is 2.00 bits per heavy atom. The van der Waals surface area contributed by atoms with Crippen molar-refractivity contribution in [1.82, 2.24) is 9.62 Å². The summed E-state index contributed by atoms with van der Waals surface area (Å²) in [6, 6.07) is 2.40. The second-order valence-corrected chi connectivity index (χ2v) is 11.2. The highest BCUT2D eigenvalue weighted by Gasteiger charge is 2.27. The van der Waals surface area contributed by atoms with E-state index < -0.39 is 16.1 Å². The van der Waals surface area contributed by atoms with Gasteiger partial charge in [0.05, 0.1) is 9.89 Å². The zero-order valence-corrected chi connectivity index (χ0v) is 17.9. The maximum Gasteiger partial charge on any atom is 0.250 e. The SMILES string of the molecule is C[C@@H]1CCC[C@H](C)N1C[C@@H](O)CNS(=O)(=O)c1cc(Br)c(Br)s1. The Bertz CT molecular complexity index is 606. The summed E-state index contributed by atoms with van der Waals surface area (Å²) in [4.78, 5) is 2.26. The highest BCUT2D eigenvalue weighted by Crippen LogP contribution is 2.34. The molecule has 5 nitrogen and oxygen atoms in total. The molecule has 0 radical (unpaired) electrons. The lowest BCUT2D eigenvalue weighted by Crippen LogP contribution is -2.49. The molecule has 3 atom stereocenters. The molecule has 23 heavy (non-hydrogen) atoms. The molecule has 132 valence electrons. The van der Waals surface area contributed by atoms with Crippen LogP contribution in [0.2, 0.25) is 0 Å². The quantitative estimate of drug-likeness (QED) is 0.643. The van der Waals surface area contributed by atoms with Gasteiger partial charge in [0.15, 0.2) is 0 Å². The normalized spacial score (nSPS) is 24.7. The van der Waals surface area contributed by atoms with E-state index in [9.17, 15) is 13.5 Å². The fourth-order valence-electron chi connectivity index (χ4n) is 2.88. The Balaban J connectivity index is 1.91. The van der Waals surface area contributed by atoms with Gasteiger partial charge in [-0.2, -0.15) is 0 Å². The maximum atomic E-state index is 12.3. The third-order valence-electron chi connectivity index (χ3n) is 4.19. The van der Waals surface area contributed by atoms with Crippen LogP contribution in [0, 0.1) is 0 Å². The first-order valence-electron chi connectivity index (χ1n) is 7.59.